The van der Waals surface area contributed by atoms with Crippen LogP contribution in [0.4, 0.5) is 0 Å². The van der Waals surface area contributed by atoms with Gasteiger partial charge in [0, 0.05) is 11.8 Å². The lowest BCUT2D eigenvalue weighted by Gasteiger charge is -2.15. The molecule has 1 aromatic rings. The van der Waals surface area contributed by atoms with E-state index in [1.165, 1.54) is 10.8 Å². The third-order valence-electron chi connectivity index (χ3n) is 2.84. The summed E-state index contributed by atoms with van der Waals surface area (Å²) in [6.45, 7) is 1.04. The number of rotatable bonds is 3. The SMILES string of the molecule is Cc1cn([C@@H]2C=C(CO)[C@@H](CO)O2)c(=O)[nH]c1=O. The molecule has 0 bridgehead atoms. The Hall–Kier alpha value is -1.70. The summed E-state index contributed by atoms with van der Waals surface area (Å²) in [5.74, 6) is 0. The summed E-state index contributed by atoms with van der Waals surface area (Å²) in [4.78, 5) is 25.1. The van der Waals surface area contributed by atoms with Crippen molar-refractivity contribution in [2.45, 2.75) is 19.3 Å². The summed E-state index contributed by atoms with van der Waals surface area (Å²) >= 11 is 0. The zero-order valence-electron chi connectivity index (χ0n) is 9.79. The fourth-order valence-electron chi connectivity index (χ4n) is 1.82. The molecule has 0 unspecified atom stereocenters. The molecule has 3 N–H and O–H groups in total. The second-order valence-corrected chi connectivity index (χ2v) is 4.08. The Morgan fingerprint density at radius 1 is 1.44 bits per heavy atom. The Labute approximate surface area is 102 Å². The van der Waals surface area contributed by atoms with Crippen LogP contribution in [0.25, 0.3) is 0 Å². The molecule has 0 aromatic carbocycles. The number of aromatic nitrogens is 2. The van der Waals surface area contributed by atoms with Gasteiger partial charge in [-0.2, -0.15) is 0 Å². The van der Waals surface area contributed by atoms with Gasteiger partial charge >= 0.3 is 5.69 Å². The Morgan fingerprint density at radius 2 is 2.17 bits per heavy atom. The van der Waals surface area contributed by atoms with Gasteiger partial charge in [0.15, 0.2) is 6.23 Å². The summed E-state index contributed by atoms with van der Waals surface area (Å²) in [5.41, 5.74) is -0.148. The number of aliphatic hydroxyl groups is 2. The number of nitrogens with zero attached hydrogens (tertiary/aromatic N) is 1. The maximum absolute atomic E-state index is 11.6. The largest absolute Gasteiger partial charge is 0.393 e. The summed E-state index contributed by atoms with van der Waals surface area (Å²) in [7, 11) is 0. The number of ether oxygens (including phenoxy) is 1. The van der Waals surface area contributed by atoms with Gasteiger partial charge in [-0.3, -0.25) is 14.3 Å². The van der Waals surface area contributed by atoms with E-state index in [0.717, 1.165) is 0 Å². The summed E-state index contributed by atoms with van der Waals surface area (Å²) in [5, 5.41) is 18.2. The van der Waals surface area contributed by atoms with Crippen LogP contribution in [0.3, 0.4) is 0 Å². The van der Waals surface area contributed by atoms with Crippen LogP contribution < -0.4 is 11.2 Å². The molecule has 0 radical (unpaired) electrons. The van der Waals surface area contributed by atoms with Gasteiger partial charge in [0.25, 0.3) is 5.56 Å². The van der Waals surface area contributed by atoms with Crippen LogP contribution in [0.15, 0.2) is 27.4 Å². The zero-order valence-corrected chi connectivity index (χ0v) is 9.79. The second kappa shape index (κ2) is 4.89. The lowest BCUT2D eigenvalue weighted by atomic mass is 10.2. The maximum Gasteiger partial charge on any atom is 0.330 e. The molecule has 7 nitrogen and oxygen atoms in total. The molecule has 7 heteroatoms. The molecule has 98 valence electrons. The topological polar surface area (TPSA) is 105 Å². The fraction of sp³-hybridized carbons (Fsp3) is 0.455. The molecule has 1 aromatic heterocycles. The number of hydrogen-bond acceptors (Lipinski definition) is 5. The van der Waals surface area contributed by atoms with Gasteiger partial charge in [-0.05, 0) is 18.6 Å². The van der Waals surface area contributed by atoms with Crippen LogP contribution in [0.5, 0.6) is 0 Å². The van der Waals surface area contributed by atoms with E-state index in [9.17, 15) is 9.59 Å². The van der Waals surface area contributed by atoms with Crippen LogP contribution in [-0.2, 0) is 4.74 Å². The third-order valence-corrected chi connectivity index (χ3v) is 2.84. The van der Waals surface area contributed by atoms with Crippen molar-refractivity contribution in [3.63, 3.8) is 0 Å². The monoisotopic (exact) mass is 254 g/mol. The Balaban J connectivity index is 2.40. The molecule has 1 aliphatic rings. The minimum absolute atomic E-state index is 0.251. The number of nitrogens with one attached hydrogen (secondary N) is 1. The molecule has 0 saturated carbocycles. The molecule has 1 aliphatic heterocycles. The van der Waals surface area contributed by atoms with Gasteiger partial charge < -0.3 is 14.9 Å². The maximum atomic E-state index is 11.6. The van der Waals surface area contributed by atoms with E-state index < -0.39 is 23.6 Å². The highest BCUT2D eigenvalue weighted by Crippen LogP contribution is 2.25. The van der Waals surface area contributed by atoms with Crippen molar-refractivity contribution in [2.24, 2.45) is 0 Å². The standard InChI is InChI=1S/C11H14N2O5/c1-6-3-13(11(17)12-10(6)16)9-2-7(4-14)8(5-15)18-9/h2-3,8-9,14-15H,4-5H2,1H3,(H,12,16,17)/t8-,9+/m1/s1. The smallest absolute Gasteiger partial charge is 0.330 e. The third kappa shape index (κ3) is 2.15. The van der Waals surface area contributed by atoms with E-state index in [-0.39, 0.29) is 13.2 Å². The van der Waals surface area contributed by atoms with E-state index in [1.807, 2.05) is 0 Å². The van der Waals surface area contributed by atoms with Crippen LogP contribution in [0.2, 0.25) is 0 Å². The molecule has 18 heavy (non-hydrogen) atoms. The average Bonchev–Trinajstić information content (AvgIpc) is 2.76. The summed E-state index contributed by atoms with van der Waals surface area (Å²) in [6, 6.07) is 0. The van der Waals surface area contributed by atoms with Crippen molar-refractivity contribution >= 4 is 0 Å². The second-order valence-electron chi connectivity index (χ2n) is 4.08. The minimum Gasteiger partial charge on any atom is -0.393 e. The normalized spacial score (nSPS) is 23.2. The van der Waals surface area contributed by atoms with E-state index >= 15 is 0 Å². The molecule has 2 heterocycles. The first-order chi connectivity index (χ1) is 8.56. The quantitative estimate of drug-likeness (QED) is 0.579. The van der Waals surface area contributed by atoms with Gasteiger partial charge in [-0.1, -0.05) is 0 Å². The molecule has 0 aliphatic carbocycles. The highest BCUT2D eigenvalue weighted by Gasteiger charge is 2.27. The van der Waals surface area contributed by atoms with Gasteiger partial charge in [0.05, 0.1) is 13.2 Å². The number of aryl methyl sites for hydroxylation is 1. The van der Waals surface area contributed by atoms with E-state index in [0.29, 0.717) is 11.1 Å². The fourth-order valence-corrected chi connectivity index (χ4v) is 1.82. The molecule has 0 saturated heterocycles. The van der Waals surface area contributed by atoms with Crippen molar-refractivity contribution in [3.05, 3.63) is 44.2 Å². The first-order valence-corrected chi connectivity index (χ1v) is 5.46. The van der Waals surface area contributed by atoms with Crippen LogP contribution in [0, 0.1) is 6.92 Å². The molecule has 2 atom stereocenters. The first-order valence-electron chi connectivity index (χ1n) is 5.46. The van der Waals surface area contributed by atoms with Crippen molar-refractivity contribution in [3.8, 4) is 0 Å². The Kier molecular flexibility index (Phi) is 3.46. The van der Waals surface area contributed by atoms with Gasteiger partial charge in [-0.25, -0.2) is 4.79 Å². The average molecular weight is 254 g/mol. The Bertz CT molecular complexity index is 586. The van der Waals surface area contributed by atoms with Crippen LogP contribution in [0.1, 0.15) is 11.8 Å². The number of aromatic amines is 1. The van der Waals surface area contributed by atoms with E-state index in [1.54, 1.807) is 13.0 Å². The summed E-state index contributed by atoms with van der Waals surface area (Å²) < 4.78 is 6.62. The van der Waals surface area contributed by atoms with E-state index in [4.69, 9.17) is 14.9 Å². The number of aliphatic hydroxyl groups excluding tert-OH is 2. The Morgan fingerprint density at radius 3 is 2.72 bits per heavy atom. The lowest BCUT2D eigenvalue weighted by molar-refractivity contribution is -0.0165. The zero-order chi connectivity index (χ0) is 13.3. The molecule has 0 spiro atoms. The number of H-pyrrole nitrogens is 1. The van der Waals surface area contributed by atoms with Crippen molar-refractivity contribution in [1.82, 2.24) is 9.55 Å². The van der Waals surface area contributed by atoms with Crippen LogP contribution >= 0.6 is 0 Å². The first kappa shape index (κ1) is 12.7. The van der Waals surface area contributed by atoms with Crippen molar-refractivity contribution in [2.75, 3.05) is 13.2 Å². The predicted molar refractivity (Wildman–Crippen MR) is 62.2 cm³/mol. The minimum atomic E-state index is -0.729. The van der Waals surface area contributed by atoms with Crippen molar-refractivity contribution in [1.29, 1.82) is 0 Å². The predicted octanol–water partition coefficient (Wildman–Crippen LogP) is -1.35. The highest BCUT2D eigenvalue weighted by molar-refractivity contribution is 5.16. The molecule has 0 fully saturated rings. The van der Waals surface area contributed by atoms with Gasteiger partial charge in [0.2, 0.25) is 0 Å². The lowest BCUT2D eigenvalue weighted by Crippen LogP contribution is -2.33. The van der Waals surface area contributed by atoms with Crippen LogP contribution in [-0.4, -0.2) is 39.1 Å². The molecular weight excluding hydrogens is 240 g/mol. The van der Waals surface area contributed by atoms with Gasteiger partial charge in [0.1, 0.15) is 6.10 Å². The van der Waals surface area contributed by atoms with Crippen molar-refractivity contribution < 1.29 is 14.9 Å². The molecular formula is C11H14N2O5. The summed E-state index contributed by atoms with van der Waals surface area (Å²) in [6.07, 6.45) is 1.59. The molecule has 2 rings (SSSR count). The van der Waals surface area contributed by atoms with Gasteiger partial charge in [-0.15, -0.1) is 0 Å². The van der Waals surface area contributed by atoms with E-state index in [2.05, 4.69) is 4.98 Å². The highest BCUT2D eigenvalue weighted by atomic mass is 16.5. The number of hydrogen-bond donors (Lipinski definition) is 3. The molecule has 0 amide bonds.